The van der Waals surface area contributed by atoms with Gasteiger partial charge in [-0.1, -0.05) is 58.4 Å². The molecule has 0 aliphatic carbocycles. The Balaban J connectivity index is 1.84. The molecule has 1 amide bonds. The molecule has 1 unspecified atom stereocenters. The zero-order chi connectivity index (χ0) is 14.7. The predicted octanol–water partition coefficient (Wildman–Crippen LogP) is 4.04. The summed E-state index contributed by atoms with van der Waals surface area (Å²) in [6.07, 6.45) is 2.90. The molecule has 1 atom stereocenters. The molecule has 1 N–H and O–H groups in total. The van der Waals surface area contributed by atoms with Crippen LogP contribution in [0, 0.1) is 0 Å². The predicted molar refractivity (Wildman–Crippen MR) is 88.9 cm³/mol. The number of hydrogen-bond acceptors (Lipinski definition) is 1. The molecular formula is C18H18BrNO. The van der Waals surface area contributed by atoms with E-state index in [0.29, 0.717) is 0 Å². The molecule has 0 bridgehead atoms. The van der Waals surface area contributed by atoms with E-state index in [1.54, 1.807) is 0 Å². The molecule has 108 valence electrons. The maximum Gasteiger partial charge on any atom is 0.251 e. The van der Waals surface area contributed by atoms with Crippen LogP contribution in [-0.2, 0) is 12.8 Å². The van der Waals surface area contributed by atoms with Crippen LogP contribution in [0.1, 0.15) is 38.3 Å². The summed E-state index contributed by atoms with van der Waals surface area (Å²) in [6, 6.07) is 16.7. The van der Waals surface area contributed by atoms with Crippen LogP contribution in [0.2, 0.25) is 0 Å². The van der Waals surface area contributed by atoms with Crippen molar-refractivity contribution < 1.29 is 4.79 Å². The molecule has 0 saturated heterocycles. The lowest BCUT2D eigenvalue weighted by Crippen LogP contribution is -2.22. The molecule has 0 spiro atoms. The van der Waals surface area contributed by atoms with E-state index in [2.05, 4.69) is 57.6 Å². The van der Waals surface area contributed by atoms with E-state index in [1.807, 2.05) is 12.1 Å². The van der Waals surface area contributed by atoms with Gasteiger partial charge in [-0.25, -0.2) is 0 Å². The van der Waals surface area contributed by atoms with Gasteiger partial charge >= 0.3 is 0 Å². The van der Waals surface area contributed by atoms with Gasteiger partial charge in [0.25, 0.3) is 5.91 Å². The van der Waals surface area contributed by atoms with Crippen LogP contribution in [0.15, 0.2) is 48.5 Å². The molecule has 2 aromatic carbocycles. The quantitative estimate of drug-likeness (QED) is 0.837. The minimum atomic E-state index is 0.0590. The highest BCUT2D eigenvalue weighted by Gasteiger charge is 2.17. The second-order valence-electron chi connectivity index (χ2n) is 5.43. The smallest absolute Gasteiger partial charge is 0.251 e. The molecule has 3 rings (SSSR count). The zero-order valence-corrected chi connectivity index (χ0v) is 13.4. The lowest BCUT2D eigenvalue weighted by Gasteiger charge is -2.13. The van der Waals surface area contributed by atoms with Crippen LogP contribution < -0.4 is 5.32 Å². The number of fused-ring (bicyclic) bond motifs is 1. The zero-order valence-electron chi connectivity index (χ0n) is 11.8. The normalized spacial score (nSPS) is 15.8. The first-order valence-electron chi connectivity index (χ1n) is 7.33. The third-order valence-corrected chi connectivity index (χ3v) is 4.76. The van der Waals surface area contributed by atoms with Crippen molar-refractivity contribution in [1.29, 1.82) is 0 Å². The average molecular weight is 344 g/mol. The molecule has 2 aromatic rings. The van der Waals surface area contributed by atoms with Gasteiger partial charge in [0.1, 0.15) is 0 Å². The summed E-state index contributed by atoms with van der Waals surface area (Å²) in [5, 5.41) is 2.96. The van der Waals surface area contributed by atoms with E-state index in [4.69, 9.17) is 0 Å². The second-order valence-corrected chi connectivity index (χ2v) is 6.54. The van der Waals surface area contributed by atoms with E-state index in [-0.39, 0.29) is 10.7 Å². The minimum Gasteiger partial charge on any atom is -0.352 e. The second kappa shape index (κ2) is 6.44. The van der Waals surface area contributed by atoms with Gasteiger partial charge in [0.15, 0.2) is 0 Å². The average Bonchev–Trinajstić information content (AvgIpc) is 2.70. The van der Waals surface area contributed by atoms with Gasteiger partial charge in [-0.05, 0) is 42.0 Å². The number of aryl methyl sites for hydroxylation is 1. The number of nitrogens with one attached hydrogen (secondary N) is 1. The highest BCUT2D eigenvalue weighted by Crippen LogP contribution is 2.29. The maximum absolute atomic E-state index is 12.1. The summed E-state index contributed by atoms with van der Waals surface area (Å²) < 4.78 is 0. The Morgan fingerprint density at radius 2 is 1.95 bits per heavy atom. The molecule has 0 radical (unpaired) electrons. The lowest BCUT2D eigenvalue weighted by molar-refractivity contribution is 0.0956. The van der Waals surface area contributed by atoms with Gasteiger partial charge in [-0.3, -0.25) is 4.79 Å². The lowest BCUT2D eigenvalue weighted by atomic mass is 9.97. The number of rotatable bonds is 3. The SMILES string of the molecule is O=C1NCCCc2ccc(C(Br)Cc3ccccc3)cc21. The molecule has 1 aliphatic rings. The number of carbonyl (C=O) groups excluding carboxylic acids is 1. The number of benzene rings is 2. The summed E-state index contributed by atoms with van der Waals surface area (Å²) in [5.41, 5.74) is 4.45. The first-order chi connectivity index (χ1) is 10.2. The van der Waals surface area contributed by atoms with Crippen molar-refractivity contribution in [3.8, 4) is 0 Å². The first-order valence-corrected chi connectivity index (χ1v) is 8.24. The molecule has 0 saturated carbocycles. The molecule has 2 nitrogen and oxygen atoms in total. The van der Waals surface area contributed by atoms with Crippen LogP contribution in [0.3, 0.4) is 0 Å². The fourth-order valence-corrected chi connectivity index (χ4v) is 3.39. The van der Waals surface area contributed by atoms with Crippen molar-refractivity contribution in [1.82, 2.24) is 5.32 Å². The Morgan fingerprint density at radius 1 is 1.14 bits per heavy atom. The highest BCUT2D eigenvalue weighted by molar-refractivity contribution is 9.09. The summed E-state index contributed by atoms with van der Waals surface area (Å²) in [4.78, 5) is 12.3. The van der Waals surface area contributed by atoms with Crippen molar-refractivity contribution >= 4 is 21.8 Å². The number of amides is 1. The van der Waals surface area contributed by atoms with E-state index >= 15 is 0 Å². The number of halogens is 1. The van der Waals surface area contributed by atoms with E-state index < -0.39 is 0 Å². The van der Waals surface area contributed by atoms with Crippen LogP contribution in [0.25, 0.3) is 0 Å². The Bertz CT molecular complexity index is 639. The fourth-order valence-electron chi connectivity index (χ4n) is 2.73. The van der Waals surface area contributed by atoms with Gasteiger partial charge < -0.3 is 5.32 Å². The maximum atomic E-state index is 12.1. The molecular weight excluding hydrogens is 326 g/mol. The molecule has 21 heavy (non-hydrogen) atoms. The summed E-state index contributed by atoms with van der Waals surface area (Å²) in [7, 11) is 0. The fraction of sp³-hybridized carbons (Fsp3) is 0.278. The Kier molecular flexibility index (Phi) is 4.39. The van der Waals surface area contributed by atoms with Crippen molar-refractivity contribution in [3.63, 3.8) is 0 Å². The molecule has 3 heteroatoms. The number of hydrogen-bond donors (Lipinski definition) is 1. The van der Waals surface area contributed by atoms with Crippen molar-refractivity contribution in [2.75, 3.05) is 6.54 Å². The topological polar surface area (TPSA) is 29.1 Å². The summed E-state index contributed by atoms with van der Waals surface area (Å²) >= 11 is 3.76. The molecule has 0 aromatic heterocycles. The highest BCUT2D eigenvalue weighted by atomic mass is 79.9. The Labute approximate surface area is 133 Å². The van der Waals surface area contributed by atoms with E-state index in [9.17, 15) is 4.79 Å². The summed E-state index contributed by atoms with van der Waals surface area (Å²) in [6.45, 7) is 0.768. The van der Waals surface area contributed by atoms with Crippen LogP contribution in [0.4, 0.5) is 0 Å². The van der Waals surface area contributed by atoms with Gasteiger partial charge in [0.05, 0.1) is 0 Å². The molecule has 0 fully saturated rings. The van der Waals surface area contributed by atoms with Gasteiger partial charge in [-0.15, -0.1) is 0 Å². The van der Waals surface area contributed by atoms with E-state index in [1.165, 1.54) is 5.56 Å². The molecule has 1 aliphatic heterocycles. The monoisotopic (exact) mass is 343 g/mol. The van der Waals surface area contributed by atoms with Crippen molar-refractivity contribution in [3.05, 3.63) is 70.8 Å². The first kappa shape index (κ1) is 14.3. The Morgan fingerprint density at radius 3 is 2.76 bits per heavy atom. The van der Waals surface area contributed by atoms with Gasteiger partial charge in [0.2, 0.25) is 0 Å². The van der Waals surface area contributed by atoms with E-state index in [0.717, 1.165) is 42.5 Å². The van der Waals surface area contributed by atoms with Crippen molar-refractivity contribution in [2.45, 2.75) is 24.1 Å². The van der Waals surface area contributed by atoms with Crippen LogP contribution in [0.5, 0.6) is 0 Å². The standard InChI is InChI=1S/C18H18BrNO/c19-17(11-13-5-2-1-3-6-13)15-9-8-14-7-4-10-20-18(21)16(14)12-15/h1-3,5-6,8-9,12,17H,4,7,10-11H2,(H,20,21). The van der Waals surface area contributed by atoms with Crippen molar-refractivity contribution in [2.24, 2.45) is 0 Å². The largest absolute Gasteiger partial charge is 0.352 e. The third-order valence-electron chi connectivity index (χ3n) is 3.91. The summed E-state index contributed by atoms with van der Waals surface area (Å²) in [5.74, 6) is 0.0590. The van der Waals surface area contributed by atoms with Gasteiger partial charge in [0, 0.05) is 16.9 Å². The molecule has 1 heterocycles. The third kappa shape index (κ3) is 3.35. The minimum absolute atomic E-state index is 0.0590. The number of carbonyl (C=O) groups is 1. The van der Waals surface area contributed by atoms with Crippen LogP contribution in [-0.4, -0.2) is 12.5 Å². The number of alkyl halides is 1. The van der Waals surface area contributed by atoms with Crippen LogP contribution >= 0.6 is 15.9 Å². The van der Waals surface area contributed by atoms with Gasteiger partial charge in [-0.2, -0.15) is 0 Å². The Hall–Kier alpha value is -1.61.